The summed E-state index contributed by atoms with van der Waals surface area (Å²) >= 11 is 0. The van der Waals surface area contributed by atoms with E-state index in [0.29, 0.717) is 0 Å². The van der Waals surface area contributed by atoms with E-state index in [-0.39, 0.29) is 0 Å². The first-order chi connectivity index (χ1) is 24.8. The Bertz CT molecular complexity index is 2670. The Hall–Kier alpha value is -6.64. The van der Waals surface area contributed by atoms with Gasteiger partial charge in [0.1, 0.15) is 0 Å². The monoisotopic (exact) mass is 634 g/mol. The minimum Gasteiger partial charge on any atom is -0.228 e. The van der Waals surface area contributed by atoms with Gasteiger partial charge in [-0.25, -0.2) is 9.97 Å². The van der Waals surface area contributed by atoms with E-state index in [2.05, 4.69) is 158 Å². The zero-order valence-electron chi connectivity index (χ0n) is 27.2. The van der Waals surface area contributed by atoms with Gasteiger partial charge in [-0.05, 0) is 78.2 Å². The second-order valence-electron chi connectivity index (χ2n) is 13.0. The number of nitrogens with zero attached hydrogens (tertiary/aromatic N) is 2. The van der Waals surface area contributed by atoms with Crippen LogP contribution >= 0.6 is 0 Å². The maximum atomic E-state index is 5.06. The number of rotatable bonds is 5. The minimum atomic E-state index is 0.720. The van der Waals surface area contributed by atoms with Gasteiger partial charge in [-0.3, -0.25) is 0 Å². The standard InChI is InChI=1S/C48H30N2/c1-3-12-33(13-4-1)44-30-45(50-48(49-44)36-14-5-2-6-15-36)34-23-21-32(22-24-34)39-27-25-31-11-7-8-18-38(31)47(39)37-26-28-40-41-19-9-16-35-17-10-20-42(46(35)41)43(40)29-37/h1-30H. The predicted octanol–water partition coefficient (Wildman–Crippen LogP) is 12.8. The first-order valence-corrected chi connectivity index (χ1v) is 17.1. The molecule has 0 saturated heterocycles. The van der Waals surface area contributed by atoms with Crippen LogP contribution in [0.4, 0.5) is 0 Å². The van der Waals surface area contributed by atoms with Gasteiger partial charge in [0.15, 0.2) is 5.82 Å². The zero-order chi connectivity index (χ0) is 33.0. The lowest BCUT2D eigenvalue weighted by molar-refractivity contribution is 1.18. The maximum absolute atomic E-state index is 5.06. The SMILES string of the molecule is c1ccc(-c2cc(-c3ccc(-c4ccc5ccccc5c4-c4ccc5c(c4)-c4cccc6cccc-5c46)cc3)nc(-c3ccccc3)n2)cc1. The summed E-state index contributed by atoms with van der Waals surface area (Å²) in [7, 11) is 0. The molecular weight excluding hydrogens is 605 g/mol. The maximum Gasteiger partial charge on any atom is 0.160 e. The van der Waals surface area contributed by atoms with Crippen molar-refractivity contribution in [3.05, 3.63) is 182 Å². The molecule has 0 atom stereocenters. The van der Waals surface area contributed by atoms with Gasteiger partial charge in [-0.2, -0.15) is 0 Å². The molecule has 1 aromatic heterocycles. The van der Waals surface area contributed by atoms with Crippen LogP contribution in [0.5, 0.6) is 0 Å². The number of hydrogen-bond acceptors (Lipinski definition) is 2. The molecule has 0 unspecified atom stereocenters. The molecule has 0 N–H and O–H groups in total. The summed E-state index contributed by atoms with van der Waals surface area (Å²) in [4.78, 5) is 10.0. The average Bonchev–Trinajstić information content (AvgIpc) is 3.52. The molecule has 0 amide bonds. The van der Waals surface area contributed by atoms with E-state index in [0.717, 1.165) is 33.9 Å². The van der Waals surface area contributed by atoms with Crippen molar-refractivity contribution in [2.24, 2.45) is 0 Å². The molecule has 8 aromatic carbocycles. The topological polar surface area (TPSA) is 25.8 Å². The number of aromatic nitrogens is 2. The molecule has 1 aliphatic carbocycles. The summed E-state index contributed by atoms with van der Waals surface area (Å²) in [5, 5.41) is 5.13. The molecule has 50 heavy (non-hydrogen) atoms. The second-order valence-corrected chi connectivity index (χ2v) is 13.0. The van der Waals surface area contributed by atoms with Gasteiger partial charge in [0.25, 0.3) is 0 Å². The third-order valence-corrected chi connectivity index (χ3v) is 10.0. The van der Waals surface area contributed by atoms with E-state index in [1.807, 2.05) is 24.3 Å². The normalized spacial score (nSPS) is 11.6. The fourth-order valence-electron chi connectivity index (χ4n) is 7.66. The highest BCUT2D eigenvalue weighted by Gasteiger charge is 2.22. The van der Waals surface area contributed by atoms with E-state index in [1.54, 1.807) is 0 Å². The quantitative estimate of drug-likeness (QED) is 0.188. The molecule has 0 spiro atoms. The third-order valence-electron chi connectivity index (χ3n) is 10.0. The van der Waals surface area contributed by atoms with Crippen LogP contribution in [0.3, 0.4) is 0 Å². The minimum absolute atomic E-state index is 0.720. The van der Waals surface area contributed by atoms with E-state index in [9.17, 15) is 0 Å². The second kappa shape index (κ2) is 11.5. The van der Waals surface area contributed by atoms with Crippen LogP contribution in [0, 0.1) is 0 Å². The van der Waals surface area contributed by atoms with Crippen molar-refractivity contribution in [1.29, 1.82) is 0 Å². The van der Waals surface area contributed by atoms with Crippen LogP contribution in [0.1, 0.15) is 0 Å². The van der Waals surface area contributed by atoms with Crippen LogP contribution in [-0.2, 0) is 0 Å². The number of hydrogen-bond donors (Lipinski definition) is 0. The van der Waals surface area contributed by atoms with Crippen LogP contribution in [0.25, 0.3) is 100.0 Å². The first kappa shape index (κ1) is 28.4. The molecule has 0 saturated carbocycles. The lowest BCUT2D eigenvalue weighted by Crippen LogP contribution is -1.96. The fourth-order valence-corrected chi connectivity index (χ4v) is 7.66. The lowest BCUT2D eigenvalue weighted by atomic mass is 9.88. The molecule has 2 nitrogen and oxygen atoms in total. The van der Waals surface area contributed by atoms with E-state index >= 15 is 0 Å². The van der Waals surface area contributed by atoms with E-state index < -0.39 is 0 Å². The van der Waals surface area contributed by atoms with Gasteiger partial charge in [-0.1, -0.05) is 170 Å². The van der Waals surface area contributed by atoms with Gasteiger partial charge in [0.05, 0.1) is 11.4 Å². The van der Waals surface area contributed by atoms with Crippen LogP contribution in [0.15, 0.2) is 182 Å². The molecular formula is C48H30N2. The fraction of sp³-hybridized carbons (Fsp3) is 0. The Kier molecular flexibility index (Phi) is 6.53. The Labute approximate surface area is 291 Å². The third kappa shape index (κ3) is 4.65. The Balaban J connectivity index is 1.10. The highest BCUT2D eigenvalue weighted by atomic mass is 14.9. The average molecular weight is 635 g/mol. The molecule has 0 aliphatic heterocycles. The molecule has 1 heterocycles. The van der Waals surface area contributed by atoms with Crippen LogP contribution < -0.4 is 0 Å². The Morgan fingerprint density at radius 1 is 0.300 bits per heavy atom. The largest absolute Gasteiger partial charge is 0.228 e. The zero-order valence-corrected chi connectivity index (χ0v) is 27.2. The van der Waals surface area contributed by atoms with Crippen LogP contribution in [-0.4, -0.2) is 9.97 Å². The molecule has 0 bridgehead atoms. The van der Waals surface area contributed by atoms with Crippen molar-refractivity contribution >= 4 is 21.5 Å². The van der Waals surface area contributed by atoms with E-state index in [1.165, 1.54) is 66.1 Å². The number of fused-ring (bicyclic) bond motifs is 4. The summed E-state index contributed by atoms with van der Waals surface area (Å²) < 4.78 is 0. The Morgan fingerprint density at radius 3 is 1.60 bits per heavy atom. The highest BCUT2D eigenvalue weighted by Crippen LogP contribution is 2.49. The number of benzene rings is 8. The summed E-state index contributed by atoms with van der Waals surface area (Å²) in [6.07, 6.45) is 0. The van der Waals surface area contributed by atoms with Crippen molar-refractivity contribution < 1.29 is 0 Å². The molecule has 9 aromatic rings. The summed E-state index contributed by atoms with van der Waals surface area (Å²) in [6, 6.07) is 65.1. The molecule has 1 aliphatic rings. The van der Waals surface area contributed by atoms with Gasteiger partial charge in [0.2, 0.25) is 0 Å². The van der Waals surface area contributed by atoms with Crippen molar-refractivity contribution in [1.82, 2.24) is 9.97 Å². The van der Waals surface area contributed by atoms with Crippen molar-refractivity contribution in [2.75, 3.05) is 0 Å². The molecule has 2 heteroatoms. The van der Waals surface area contributed by atoms with Gasteiger partial charge >= 0.3 is 0 Å². The van der Waals surface area contributed by atoms with Crippen LogP contribution in [0.2, 0.25) is 0 Å². The van der Waals surface area contributed by atoms with Gasteiger partial charge in [0, 0.05) is 16.7 Å². The first-order valence-electron chi connectivity index (χ1n) is 17.1. The van der Waals surface area contributed by atoms with Crippen molar-refractivity contribution in [3.8, 4) is 78.4 Å². The summed E-state index contributed by atoms with van der Waals surface area (Å²) in [5.74, 6) is 0.720. The highest BCUT2D eigenvalue weighted by molar-refractivity contribution is 6.16. The van der Waals surface area contributed by atoms with Gasteiger partial charge in [-0.15, -0.1) is 0 Å². The molecule has 0 fully saturated rings. The smallest absolute Gasteiger partial charge is 0.160 e. The predicted molar refractivity (Wildman–Crippen MR) is 209 cm³/mol. The van der Waals surface area contributed by atoms with Gasteiger partial charge < -0.3 is 0 Å². The van der Waals surface area contributed by atoms with Crippen molar-refractivity contribution in [2.45, 2.75) is 0 Å². The summed E-state index contributed by atoms with van der Waals surface area (Å²) in [5.41, 5.74) is 15.0. The molecule has 232 valence electrons. The van der Waals surface area contributed by atoms with Crippen molar-refractivity contribution in [3.63, 3.8) is 0 Å². The lowest BCUT2D eigenvalue weighted by Gasteiger charge is -2.16. The summed E-state index contributed by atoms with van der Waals surface area (Å²) in [6.45, 7) is 0. The van der Waals surface area contributed by atoms with E-state index in [4.69, 9.17) is 9.97 Å². The molecule has 0 radical (unpaired) electrons. The Morgan fingerprint density at radius 2 is 0.860 bits per heavy atom. The molecule has 10 rings (SSSR count).